The largest absolute Gasteiger partial charge is 0.388 e. The third-order valence-electron chi connectivity index (χ3n) is 7.02. The van der Waals surface area contributed by atoms with Gasteiger partial charge in [0.05, 0.1) is 17.5 Å². The highest BCUT2D eigenvalue weighted by Gasteiger charge is 2.48. The third-order valence-corrected chi connectivity index (χ3v) is 7.27. The Labute approximate surface area is 191 Å². The molecule has 0 spiro atoms. The lowest BCUT2D eigenvalue weighted by Gasteiger charge is -2.39. The maximum Gasteiger partial charge on any atom is 0.262 e. The van der Waals surface area contributed by atoms with E-state index in [4.69, 9.17) is 11.6 Å². The van der Waals surface area contributed by atoms with E-state index >= 15 is 0 Å². The van der Waals surface area contributed by atoms with Crippen molar-refractivity contribution < 1.29 is 9.90 Å². The average Bonchev–Trinajstić information content (AvgIpc) is 3.43. The molecular weight excluding hydrogens is 428 g/mol. The fourth-order valence-corrected chi connectivity index (χ4v) is 4.78. The SMILES string of the molecule is Cc1cc2c(=O)n(CC3(O)CCN(C(=O)C4(C)CC4)CC3)cnc2n1-c1ccc(Cl)cc1. The molecule has 1 aliphatic heterocycles. The number of carbonyl (C=O) groups excluding carboxylic acids is 1. The van der Waals surface area contributed by atoms with E-state index in [1.54, 1.807) is 12.1 Å². The van der Waals surface area contributed by atoms with Crippen molar-refractivity contribution in [1.82, 2.24) is 19.0 Å². The molecule has 0 radical (unpaired) electrons. The zero-order chi connectivity index (χ0) is 22.7. The van der Waals surface area contributed by atoms with Gasteiger partial charge in [0.2, 0.25) is 5.91 Å². The number of rotatable bonds is 4. The number of hydrogen-bond acceptors (Lipinski definition) is 4. The number of halogens is 1. The number of fused-ring (bicyclic) bond motifs is 1. The molecule has 2 aliphatic rings. The van der Waals surface area contributed by atoms with E-state index in [2.05, 4.69) is 4.98 Å². The molecule has 1 N–H and O–H groups in total. The van der Waals surface area contributed by atoms with Gasteiger partial charge in [-0.1, -0.05) is 18.5 Å². The van der Waals surface area contributed by atoms with Crippen LogP contribution in [0.25, 0.3) is 16.7 Å². The van der Waals surface area contributed by atoms with Crippen LogP contribution in [-0.2, 0) is 11.3 Å². The average molecular weight is 455 g/mol. The second-order valence-corrected chi connectivity index (χ2v) is 10.0. The van der Waals surface area contributed by atoms with Crippen LogP contribution in [0.15, 0.2) is 41.5 Å². The fraction of sp³-hybridized carbons (Fsp3) is 0.458. The van der Waals surface area contributed by atoms with Gasteiger partial charge in [-0.3, -0.25) is 18.7 Å². The molecule has 7 nitrogen and oxygen atoms in total. The summed E-state index contributed by atoms with van der Waals surface area (Å²) in [6, 6.07) is 9.22. The van der Waals surface area contributed by atoms with Gasteiger partial charge in [0.1, 0.15) is 6.33 Å². The Hall–Kier alpha value is -2.64. The molecule has 3 aromatic rings. The van der Waals surface area contributed by atoms with Gasteiger partial charge in [0, 0.05) is 34.9 Å². The lowest BCUT2D eigenvalue weighted by Crippen LogP contribution is -2.51. The Morgan fingerprint density at radius 1 is 1.16 bits per heavy atom. The number of piperidine rings is 1. The van der Waals surface area contributed by atoms with Crippen molar-refractivity contribution in [2.45, 2.75) is 51.7 Å². The van der Waals surface area contributed by atoms with Crippen molar-refractivity contribution in [2.75, 3.05) is 13.1 Å². The van der Waals surface area contributed by atoms with E-state index in [0.717, 1.165) is 24.2 Å². The highest BCUT2D eigenvalue weighted by Crippen LogP contribution is 2.47. The highest BCUT2D eigenvalue weighted by atomic mass is 35.5. The number of likely N-dealkylation sites (tertiary alicyclic amines) is 1. The molecule has 1 saturated heterocycles. The number of benzene rings is 1. The van der Waals surface area contributed by atoms with E-state index in [1.807, 2.05) is 41.5 Å². The number of aryl methyl sites for hydroxylation is 1. The Kier molecular flexibility index (Phi) is 4.94. The summed E-state index contributed by atoms with van der Waals surface area (Å²) >= 11 is 6.01. The van der Waals surface area contributed by atoms with Gasteiger partial charge < -0.3 is 10.0 Å². The second-order valence-electron chi connectivity index (χ2n) is 9.59. The van der Waals surface area contributed by atoms with Crippen LogP contribution in [0.5, 0.6) is 0 Å². The smallest absolute Gasteiger partial charge is 0.262 e. The summed E-state index contributed by atoms with van der Waals surface area (Å²) in [5.41, 5.74) is 0.944. The summed E-state index contributed by atoms with van der Waals surface area (Å²) in [4.78, 5) is 32.2. The van der Waals surface area contributed by atoms with E-state index in [1.165, 1.54) is 10.9 Å². The maximum atomic E-state index is 13.2. The van der Waals surface area contributed by atoms with Crippen LogP contribution in [0.3, 0.4) is 0 Å². The number of hydrogen-bond donors (Lipinski definition) is 1. The first-order valence-electron chi connectivity index (χ1n) is 11.0. The summed E-state index contributed by atoms with van der Waals surface area (Å²) in [5, 5.41) is 12.3. The molecule has 2 fully saturated rings. The predicted molar refractivity (Wildman–Crippen MR) is 123 cm³/mol. The molecule has 1 amide bonds. The molecule has 168 valence electrons. The van der Waals surface area contributed by atoms with Crippen LogP contribution in [0.2, 0.25) is 5.02 Å². The molecule has 0 atom stereocenters. The molecule has 2 aromatic heterocycles. The zero-order valence-corrected chi connectivity index (χ0v) is 19.1. The zero-order valence-electron chi connectivity index (χ0n) is 18.3. The summed E-state index contributed by atoms with van der Waals surface area (Å²) < 4.78 is 3.42. The van der Waals surface area contributed by atoms with Gasteiger partial charge in [0.25, 0.3) is 5.56 Å². The number of amides is 1. The minimum atomic E-state index is -1.03. The van der Waals surface area contributed by atoms with Gasteiger partial charge >= 0.3 is 0 Å². The molecule has 0 bridgehead atoms. The molecule has 1 saturated carbocycles. The Morgan fingerprint density at radius 2 is 1.81 bits per heavy atom. The van der Waals surface area contributed by atoms with Crippen LogP contribution in [0.1, 0.15) is 38.3 Å². The minimum Gasteiger partial charge on any atom is -0.388 e. The molecular formula is C24H27ClN4O3. The van der Waals surface area contributed by atoms with Gasteiger partial charge in [-0.2, -0.15) is 0 Å². The van der Waals surface area contributed by atoms with Gasteiger partial charge in [0.15, 0.2) is 5.65 Å². The van der Waals surface area contributed by atoms with Crippen LogP contribution in [0, 0.1) is 12.3 Å². The van der Waals surface area contributed by atoms with Crippen molar-refractivity contribution in [2.24, 2.45) is 5.41 Å². The number of carbonyl (C=O) groups is 1. The first-order chi connectivity index (χ1) is 15.2. The van der Waals surface area contributed by atoms with Crippen LogP contribution < -0.4 is 5.56 Å². The van der Waals surface area contributed by atoms with Crippen molar-refractivity contribution in [3.63, 3.8) is 0 Å². The van der Waals surface area contributed by atoms with E-state index in [9.17, 15) is 14.7 Å². The third kappa shape index (κ3) is 3.63. The standard InChI is InChI=1S/C24H27ClN4O3/c1-16-13-19-20(29(16)18-5-3-17(25)4-6-18)26-15-28(21(19)30)14-24(32)9-11-27(12-10-24)22(31)23(2)7-8-23/h3-6,13,15,32H,7-12,14H2,1-2H3. The molecule has 1 aromatic carbocycles. The molecule has 0 unspecified atom stereocenters. The molecule has 1 aliphatic carbocycles. The summed E-state index contributed by atoms with van der Waals surface area (Å²) in [6.07, 6.45) is 4.30. The summed E-state index contributed by atoms with van der Waals surface area (Å²) in [7, 11) is 0. The van der Waals surface area contributed by atoms with Crippen molar-refractivity contribution >= 4 is 28.5 Å². The molecule has 5 rings (SSSR count). The molecule has 3 heterocycles. The summed E-state index contributed by atoms with van der Waals surface area (Å²) in [5.74, 6) is 0.193. The predicted octanol–water partition coefficient (Wildman–Crippen LogP) is 3.30. The first kappa shape index (κ1) is 21.2. The second kappa shape index (κ2) is 7.46. The fourth-order valence-electron chi connectivity index (χ4n) is 4.65. The Bertz CT molecular complexity index is 1250. The quantitative estimate of drug-likeness (QED) is 0.655. The van der Waals surface area contributed by atoms with Crippen LogP contribution in [-0.4, -0.2) is 48.7 Å². The maximum absolute atomic E-state index is 13.2. The number of nitrogens with zero attached hydrogens (tertiary/aromatic N) is 4. The van der Waals surface area contributed by atoms with Crippen molar-refractivity contribution in [1.29, 1.82) is 0 Å². The van der Waals surface area contributed by atoms with Crippen molar-refractivity contribution in [3.05, 3.63) is 57.7 Å². The van der Waals surface area contributed by atoms with Gasteiger partial charge in [-0.05, 0) is 62.9 Å². The topological polar surface area (TPSA) is 80.4 Å². The van der Waals surface area contributed by atoms with Crippen LogP contribution >= 0.6 is 11.6 Å². The van der Waals surface area contributed by atoms with Gasteiger partial charge in [-0.15, -0.1) is 0 Å². The lowest BCUT2D eigenvalue weighted by molar-refractivity contribution is -0.141. The Balaban J connectivity index is 1.38. The van der Waals surface area contributed by atoms with Crippen molar-refractivity contribution in [3.8, 4) is 5.69 Å². The first-order valence-corrected chi connectivity index (χ1v) is 11.4. The normalized spacial score (nSPS) is 19.3. The Morgan fingerprint density at radius 3 is 2.44 bits per heavy atom. The summed E-state index contributed by atoms with van der Waals surface area (Å²) in [6.45, 7) is 5.14. The van der Waals surface area contributed by atoms with E-state index in [0.29, 0.717) is 42.0 Å². The number of aromatic nitrogens is 3. The molecule has 32 heavy (non-hydrogen) atoms. The lowest BCUT2D eigenvalue weighted by atomic mass is 9.90. The monoisotopic (exact) mass is 454 g/mol. The van der Waals surface area contributed by atoms with E-state index in [-0.39, 0.29) is 23.4 Å². The number of aliphatic hydroxyl groups is 1. The van der Waals surface area contributed by atoms with Gasteiger partial charge in [-0.25, -0.2) is 4.98 Å². The van der Waals surface area contributed by atoms with Crippen LogP contribution in [0.4, 0.5) is 0 Å². The van der Waals surface area contributed by atoms with E-state index < -0.39 is 5.60 Å². The minimum absolute atomic E-state index is 0.166. The highest BCUT2D eigenvalue weighted by molar-refractivity contribution is 6.30. The molecule has 8 heteroatoms.